The Morgan fingerprint density at radius 2 is 1.91 bits per heavy atom. The summed E-state index contributed by atoms with van der Waals surface area (Å²) in [6.07, 6.45) is 1.74. The molecule has 2 aliphatic rings. The molecule has 3 rings (SSSR count). The third kappa shape index (κ3) is 3.99. The molecule has 0 saturated carbocycles. The van der Waals surface area contributed by atoms with Crippen molar-refractivity contribution in [2.24, 2.45) is 4.99 Å². The van der Waals surface area contributed by atoms with Gasteiger partial charge in [0, 0.05) is 32.7 Å². The van der Waals surface area contributed by atoms with Crippen LogP contribution in [0.25, 0.3) is 6.08 Å². The Bertz CT molecular complexity index is 637. The fourth-order valence-electron chi connectivity index (χ4n) is 2.55. The molecule has 5 nitrogen and oxygen atoms in total. The van der Waals surface area contributed by atoms with Crippen LogP contribution in [0.3, 0.4) is 0 Å². The summed E-state index contributed by atoms with van der Waals surface area (Å²) in [7, 11) is 0. The van der Waals surface area contributed by atoms with Crippen molar-refractivity contribution in [1.82, 2.24) is 9.80 Å². The number of benzene rings is 1. The van der Waals surface area contributed by atoms with Gasteiger partial charge in [-0.25, -0.2) is 4.39 Å². The van der Waals surface area contributed by atoms with E-state index in [1.165, 1.54) is 23.9 Å². The number of β-amino-alcohol motifs (C(OH)–C–C–N with tert-alkyl or cyclic N) is 1. The van der Waals surface area contributed by atoms with Crippen LogP contribution < -0.4 is 0 Å². The van der Waals surface area contributed by atoms with Gasteiger partial charge in [0.2, 0.25) is 0 Å². The van der Waals surface area contributed by atoms with Gasteiger partial charge in [0.15, 0.2) is 5.17 Å². The molecule has 0 unspecified atom stereocenters. The Hall–Kier alpha value is -1.70. The Morgan fingerprint density at radius 1 is 1.22 bits per heavy atom. The monoisotopic (exact) mass is 335 g/mol. The lowest BCUT2D eigenvalue weighted by Gasteiger charge is -2.34. The lowest BCUT2D eigenvalue weighted by Crippen LogP contribution is -2.48. The van der Waals surface area contributed by atoms with Crippen LogP contribution in [0.15, 0.2) is 34.2 Å². The summed E-state index contributed by atoms with van der Waals surface area (Å²) in [4.78, 5) is 21.0. The molecule has 1 amide bonds. The van der Waals surface area contributed by atoms with Gasteiger partial charge in [0.25, 0.3) is 5.91 Å². The highest BCUT2D eigenvalue weighted by Gasteiger charge is 2.28. The largest absolute Gasteiger partial charge is 0.395 e. The number of carbonyl (C=O) groups excluding carboxylic acids is 1. The number of piperazine rings is 1. The molecule has 1 saturated heterocycles. The Morgan fingerprint density at radius 3 is 2.57 bits per heavy atom. The first-order valence-corrected chi connectivity index (χ1v) is 8.33. The minimum absolute atomic E-state index is 0.165. The molecule has 7 heteroatoms. The summed E-state index contributed by atoms with van der Waals surface area (Å²) in [6.45, 7) is 4.14. The number of rotatable bonds is 3. The van der Waals surface area contributed by atoms with Crippen LogP contribution in [0.1, 0.15) is 5.56 Å². The quantitative estimate of drug-likeness (QED) is 0.847. The second kappa shape index (κ2) is 7.25. The van der Waals surface area contributed by atoms with E-state index in [1.54, 1.807) is 18.2 Å². The zero-order valence-corrected chi connectivity index (χ0v) is 13.4. The molecule has 0 atom stereocenters. The summed E-state index contributed by atoms with van der Waals surface area (Å²) in [5, 5.41) is 9.69. The average Bonchev–Trinajstić information content (AvgIpc) is 2.92. The standard InChI is InChI=1S/C16H18FN3O2S/c17-13-3-1-12(2-4-13)11-14-15(22)18-16(23-14)20-7-5-19(6-8-20)9-10-21/h1-4,11,21H,5-10H2. The molecular weight excluding hydrogens is 317 g/mol. The van der Waals surface area contributed by atoms with Crippen molar-refractivity contribution in [3.8, 4) is 0 Å². The summed E-state index contributed by atoms with van der Waals surface area (Å²) >= 11 is 1.36. The number of aliphatic hydroxyl groups excluding tert-OH is 1. The third-order valence-corrected chi connectivity index (χ3v) is 4.88. The molecule has 0 bridgehead atoms. The molecule has 23 heavy (non-hydrogen) atoms. The van der Waals surface area contributed by atoms with Gasteiger partial charge in [-0.3, -0.25) is 9.69 Å². The van der Waals surface area contributed by atoms with E-state index in [2.05, 4.69) is 14.8 Å². The van der Waals surface area contributed by atoms with Gasteiger partial charge in [-0.05, 0) is 35.5 Å². The van der Waals surface area contributed by atoms with Crippen molar-refractivity contribution in [2.75, 3.05) is 39.3 Å². The number of hydrogen-bond acceptors (Lipinski definition) is 5. The smallest absolute Gasteiger partial charge is 0.286 e. The number of hydrogen-bond donors (Lipinski definition) is 1. The maximum atomic E-state index is 12.9. The Labute approximate surface area is 138 Å². The summed E-state index contributed by atoms with van der Waals surface area (Å²) in [5.41, 5.74) is 0.784. The Balaban J connectivity index is 1.63. The highest BCUT2D eigenvalue weighted by molar-refractivity contribution is 8.18. The Kier molecular flexibility index (Phi) is 5.09. The molecule has 1 aromatic rings. The van der Waals surface area contributed by atoms with Crippen molar-refractivity contribution >= 4 is 28.9 Å². The number of carbonyl (C=O) groups is 1. The zero-order chi connectivity index (χ0) is 16.2. The molecule has 1 aromatic carbocycles. The van der Waals surface area contributed by atoms with Gasteiger partial charge in [-0.2, -0.15) is 4.99 Å². The van der Waals surface area contributed by atoms with Crippen LogP contribution in [-0.2, 0) is 4.79 Å². The minimum Gasteiger partial charge on any atom is -0.395 e. The second-order valence-electron chi connectivity index (χ2n) is 5.41. The first kappa shape index (κ1) is 16.2. The van der Waals surface area contributed by atoms with E-state index in [9.17, 15) is 9.18 Å². The van der Waals surface area contributed by atoms with Crippen LogP contribution in [0.4, 0.5) is 4.39 Å². The summed E-state index contributed by atoms with van der Waals surface area (Å²) in [6, 6.07) is 6.03. The van der Waals surface area contributed by atoms with E-state index in [0.717, 1.165) is 36.9 Å². The molecular formula is C16H18FN3O2S. The lowest BCUT2D eigenvalue weighted by molar-refractivity contribution is -0.113. The van der Waals surface area contributed by atoms with Crippen LogP contribution in [0.5, 0.6) is 0 Å². The molecule has 0 spiro atoms. The van der Waals surface area contributed by atoms with Crippen LogP contribution in [0, 0.1) is 5.82 Å². The lowest BCUT2D eigenvalue weighted by atomic mass is 10.2. The number of amides is 1. The number of aliphatic imine (C=N–C) groups is 1. The van der Waals surface area contributed by atoms with E-state index in [4.69, 9.17) is 5.11 Å². The van der Waals surface area contributed by atoms with E-state index in [1.807, 2.05) is 0 Å². The van der Waals surface area contributed by atoms with Crippen LogP contribution >= 0.6 is 11.8 Å². The third-order valence-electron chi connectivity index (χ3n) is 3.84. The van der Waals surface area contributed by atoms with E-state index in [-0.39, 0.29) is 18.3 Å². The number of aliphatic hydroxyl groups is 1. The highest BCUT2D eigenvalue weighted by Crippen LogP contribution is 2.30. The fraction of sp³-hybridized carbons (Fsp3) is 0.375. The van der Waals surface area contributed by atoms with Crippen molar-refractivity contribution in [1.29, 1.82) is 0 Å². The van der Waals surface area contributed by atoms with E-state index < -0.39 is 0 Å². The van der Waals surface area contributed by atoms with Gasteiger partial charge < -0.3 is 10.0 Å². The number of thioether (sulfide) groups is 1. The number of amidine groups is 1. The van der Waals surface area contributed by atoms with E-state index in [0.29, 0.717) is 11.4 Å². The molecule has 0 radical (unpaired) electrons. The first-order chi connectivity index (χ1) is 11.2. The van der Waals surface area contributed by atoms with Gasteiger partial charge in [-0.1, -0.05) is 12.1 Å². The molecule has 0 aromatic heterocycles. The first-order valence-electron chi connectivity index (χ1n) is 7.52. The van der Waals surface area contributed by atoms with Crippen molar-refractivity contribution in [2.45, 2.75) is 0 Å². The van der Waals surface area contributed by atoms with Crippen molar-refractivity contribution < 1.29 is 14.3 Å². The SMILES string of the molecule is O=C1N=C(N2CCN(CCO)CC2)SC1=Cc1ccc(F)cc1. The van der Waals surface area contributed by atoms with Crippen molar-refractivity contribution in [3.05, 3.63) is 40.6 Å². The molecule has 2 heterocycles. The van der Waals surface area contributed by atoms with Gasteiger partial charge >= 0.3 is 0 Å². The minimum atomic E-state index is -0.296. The molecule has 122 valence electrons. The van der Waals surface area contributed by atoms with Gasteiger partial charge in [0.05, 0.1) is 11.5 Å². The zero-order valence-electron chi connectivity index (χ0n) is 12.6. The predicted octanol–water partition coefficient (Wildman–Crippen LogP) is 1.41. The van der Waals surface area contributed by atoms with E-state index >= 15 is 0 Å². The van der Waals surface area contributed by atoms with Crippen LogP contribution in [0.2, 0.25) is 0 Å². The summed E-state index contributed by atoms with van der Waals surface area (Å²) in [5.74, 6) is -0.539. The predicted molar refractivity (Wildman–Crippen MR) is 89.5 cm³/mol. The number of nitrogens with zero attached hydrogens (tertiary/aromatic N) is 3. The molecule has 1 N–H and O–H groups in total. The fourth-order valence-corrected chi connectivity index (χ4v) is 3.51. The molecule has 0 aliphatic carbocycles. The molecule has 1 fully saturated rings. The summed E-state index contributed by atoms with van der Waals surface area (Å²) < 4.78 is 12.9. The van der Waals surface area contributed by atoms with Gasteiger partial charge in [0.1, 0.15) is 5.82 Å². The second-order valence-corrected chi connectivity index (χ2v) is 6.42. The maximum Gasteiger partial charge on any atom is 0.286 e. The normalized spacial score (nSPS) is 21.1. The average molecular weight is 335 g/mol. The van der Waals surface area contributed by atoms with Crippen molar-refractivity contribution in [3.63, 3.8) is 0 Å². The number of halogens is 1. The topological polar surface area (TPSA) is 56.1 Å². The maximum absolute atomic E-state index is 12.9. The van der Waals surface area contributed by atoms with Gasteiger partial charge in [-0.15, -0.1) is 0 Å². The molecule has 2 aliphatic heterocycles. The highest BCUT2D eigenvalue weighted by atomic mass is 32.2. The van der Waals surface area contributed by atoms with Crippen LogP contribution in [-0.4, -0.2) is 65.3 Å².